The summed E-state index contributed by atoms with van der Waals surface area (Å²) in [4.78, 5) is 53.7. The number of carbonyl (C=O) groups is 4. The lowest BCUT2D eigenvalue weighted by Gasteiger charge is -2.27. The van der Waals surface area contributed by atoms with Crippen LogP contribution in [0, 0.1) is 5.92 Å². The summed E-state index contributed by atoms with van der Waals surface area (Å²) >= 11 is 0. The zero-order valence-corrected chi connectivity index (χ0v) is 34.8. The molecule has 302 valence electrons. The van der Waals surface area contributed by atoms with E-state index < -0.39 is 0 Å². The van der Waals surface area contributed by atoms with Gasteiger partial charge in [-0.2, -0.15) is 0 Å². The molecule has 2 atom stereocenters. The molecule has 0 saturated heterocycles. The number of phenols is 2. The van der Waals surface area contributed by atoms with E-state index in [-0.39, 0.29) is 53.0 Å². The Morgan fingerprint density at radius 2 is 1.46 bits per heavy atom. The second-order valence-electron chi connectivity index (χ2n) is 13.0. The van der Waals surface area contributed by atoms with Crippen LogP contribution in [0.1, 0.15) is 104 Å². The number of aldehydes is 1. The average molecular weight is 754 g/mol. The minimum atomic E-state index is -0.347. The summed E-state index contributed by atoms with van der Waals surface area (Å²) in [5.41, 5.74) is 2.65. The number of rotatable bonds is 19. The number of hydrogen-bond donors (Lipinski definition) is 2. The zero-order valence-electron chi connectivity index (χ0n) is 34.8. The molecule has 0 spiro atoms. The Hall–Kier alpha value is -4.48. The van der Waals surface area contributed by atoms with Crippen molar-refractivity contribution in [2.75, 3.05) is 45.2 Å². The van der Waals surface area contributed by atoms with Crippen LogP contribution in [0.2, 0.25) is 0 Å². The number of allylic oxidation sites excluding steroid dienone is 2. The molecule has 0 heterocycles. The molecular weight excluding hydrogens is 686 g/mol. The first-order valence-electron chi connectivity index (χ1n) is 19.1. The maximum absolute atomic E-state index is 13.4. The number of urea groups is 1. The van der Waals surface area contributed by atoms with Gasteiger partial charge in [-0.05, 0) is 103 Å². The number of phenolic OH excluding ortho intramolecular Hbond substituents is 2. The molecule has 11 nitrogen and oxygen atoms in total. The summed E-state index contributed by atoms with van der Waals surface area (Å²) in [6.45, 7) is 22.5. The summed E-state index contributed by atoms with van der Waals surface area (Å²) in [5, 5.41) is 18.2. The normalized spacial score (nSPS) is 12.5. The van der Waals surface area contributed by atoms with Crippen LogP contribution in [0.4, 0.5) is 10.5 Å². The number of anilines is 1. The number of aromatic hydroxyl groups is 2. The quantitative estimate of drug-likeness (QED) is 0.0475. The highest BCUT2D eigenvalue weighted by Gasteiger charge is 2.22. The standard InChI is InChI=1S/C33H53N3O5.C8H8O3.C2H6/c1-10-13-29(32(38)41-25(4)5)23-28-15-17-30(18-16-28)34(8)33(39)35(9)31(26(6)24-37)19-14-27(7)40-22-21-36(12-3)20-11-2;1-5(9)8-6(10)3-2-4-7(8)11;1-2/h14-19,24-25,27,29H,10-13,20-23H2,1-9H3;2-4,10-11H,1H3;1-2H3/b19-14-,31-26-;;. The number of ether oxygens (including phenoxy) is 2. The van der Waals surface area contributed by atoms with Crippen molar-refractivity contribution in [3.05, 3.63) is 77.0 Å². The van der Waals surface area contributed by atoms with E-state index in [1.807, 2.05) is 65.0 Å². The fourth-order valence-corrected chi connectivity index (χ4v) is 5.41. The molecule has 54 heavy (non-hydrogen) atoms. The summed E-state index contributed by atoms with van der Waals surface area (Å²) in [5.74, 6) is -1.08. The van der Waals surface area contributed by atoms with Gasteiger partial charge in [0.25, 0.3) is 0 Å². The van der Waals surface area contributed by atoms with E-state index in [1.165, 1.54) is 30.0 Å². The Kier molecular flexibility index (Phi) is 24.9. The molecule has 2 rings (SSSR count). The first-order chi connectivity index (χ1) is 25.6. The topological polar surface area (TPSA) is 137 Å². The highest BCUT2D eigenvalue weighted by Crippen LogP contribution is 2.26. The van der Waals surface area contributed by atoms with Crippen LogP contribution in [-0.2, 0) is 25.5 Å². The minimum absolute atomic E-state index is 0.0208. The van der Waals surface area contributed by atoms with Gasteiger partial charge in [0, 0.05) is 31.9 Å². The summed E-state index contributed by atoms with van der Waals surface area (Å²) in [6.07, 6.45) is 7.43. The van der Waals surface area contributed by atoms with Gasteiger partial charge in [0.1, 0.15) is 23.3 Å². The lowest BCUT2D eigenvalue weighted by molar-refractivity contribution is -0.152. The van der Waals surface area contributed by atoms with Crippen molar-refractivity contribution in [1.29, 1.82) is 0 Å². The SMILES string of the molecule is CC.CC(=O)c1c(O)cccc1O.CCCC(Cc1ccc(N(C)C(=O)N(C)C(/C=C\C(C)OCCN(CC)CCC)=C(/C)C=O)cc1)C(=O)OC(C)C. The maximum atomic E-state index is 13.4. The van der Waals surface area contributed by atoms with Gasteiger partial charge in [-0.3, -0.25) is 24.2 Å². The second kappa shape index (κ2) is 27.2. The molecule has 2 aromatic rings. The number of Topliss-reactive ketones (excluding diaryl/α,β-unsaturated/α-hetero) is 1. The largest absolute Gasteiger partial charge is 0.507 e. The van der Waals surface area contributed by atoms with Crippen LogP contribution >= 0.6 is 0 Å². The fourth-order valence-electron chi connectivity index (χ4n) is 5.41. The summed E-state index contributed by atoms with van der Waals surface area (Å²) < 4.78 is 11.4. The van der Waals surface area contributed by atoms with Crippen molar-refractivity contribution < 1.29 is 38.9 Å². The van der Waals surface area contributed by atoms with E-state index >= 15 is 0 Å². The molecule has 0 bridgehead atoms. The third kappa shape index (κ3) is 17.6. The Balaban J connectivity index is 0.00000182. The predicted octanol–water partition coefficient (Wildman–Crippen LogP) is 8.58. The number of esters is 1. The Morgan fingerprint density at radius 1 is 0.870 bits per heavy atom. The first kappa shape index (κ1) is 49.5. The van der Waals surface area contributed by atoms with Crippen LogP contribution in [0.3, 0.4) is 0 Å². The molecule has 0 fully saturated rings. The van der Waals surface area contributed by atoms with E-state index in [4.69, 9.17) is 19.7 Å². The molecule has 2 aromatic carbocycles. The van der Waals surface area contributed by atoms with Crippen molar-refractivity contribution >= 4 is 29.8 Å². The number of carbonyl (C=O) groups excluding carboxylic acids is 4. The lowest BCUT2D eigenvalue weighted by Crippen LogP contribution is -2.38. The molecule has 0 radical (unpaired) electrons. The van der Waals surface area contributed by atoms with E-state index in [2.05, 4.69) is 25.7 Å². The van der Waals surface area contributed by atoms with Crippen molar-refractivity contribution in [3.8, 4) is 11.5 Å². The molecule has 0 aliphatic carbocycles. The van der Waals surface area contributed by atoms with Crippen LogP contribution in [0.25, 0.3) is 0 Å². The van der Waals surface area contributed by atoms with Crippen LogP contribution in [0.15, 0.2) is 65.9 Å². The van der Waals surface area contributed by atoms with E-state index in [0.29, 0.717) is 30.0 Å². The number of ketones is 1. The molecule has 2 unspecified atom stereocenters. The minimum Gasteiger partial charge on any atom is -0.507 e. The van der Waals surface area contributed by atoms with Gasteiger partial charge >= 0.3 is 12.0 Å². The Bertz CT molecular complexity index is 1470. The Morgan fingerprint density at radius 3 is 1.93 bits per heavy atom. The van der Waals surface area contributed by atoms with Crippen LogP contribution in [0.5, 0.6) is 11.5 Å². The molecule has 2 amide bonds. The molecule has 0 aromatic heterocycles. The number of amides is 2. The van der Waals surface area contributed by atoms with Crippen molar-refractivity contribution in [2.24, 2.45) is 5.92 Å². The van der Waals surface area contributed by atoms with Crippen molar-refractivity contribution in [2.45, 2.75) is 107 Å². The van der Waals surface area contributed by atoms with Gasteiger partial charge in [-0.1, -0.05) is 65.3 Å². The van der Waals surface area contributed by atoms with Crippen LogP contribution < -0.4 is 4.90 Å². The molecule has 11 heteroatoms. The average Bonchev–Trinajstić information content (AvgIpc) is 3.14. The van der Waals surface area contributed by atoms with Gasteiger partial charge in [-0.25, -0.2) is 4.79 Å². The maximum Gasteiger partial charge on any atom is 0.328 e. The van der Waals surface area contributed by atoms with E-state index in [1.54, 1.807) is 32.0 Å². The number of benzene rings is 2. The molecule has 0 saturated carbocycles. The highest BCUT2D eigenvalue weighted by molar-refractivity contribution is 5.99. The lowest BCUT2D eigenvalue weighted by atomic mass is 9.95. The predicted molar refractivity (Wildman–Crippen MR) is 218 cm³/mol. The van der Waals surface area contributed by atoms with Gasteiger partial charge in [0.05, 0.1) is 30.4 Å². The molecule has 0 aliphatic heterocycles. The number of likely N-dealkylation sites (N-methyl/N-ethyl adjacent to an activating group) is 2. The van der Waals surface area contributed by atoms with Crippen molar-refractivity contribution in [3.63, 3.8) is 0 Å². The smallest absolute Gasteiger partial charge is 0.328 e. The van der Waals surface area contributed by atoms with Gasteiger partial charge in [-0.15, -0.1) is 0 Å². The third-order valence-electron chi connectivity index (χ3n) is 8.32. The van der Waals surface area contributed by atoms with Gasteiger partial charge in [0.15, 0.2) is 5.78 Å². The summed E-state index contributed by atoms with van der Waals surface area (Å²) in [6, 6.07) is 11.5. The second-order valence-corrected chi connectivity index (χ2v) is 13.0. The van der Waals surface area contributed by atoms with Crippen LogP contribution in [-0.4, -0.2) is 96.6 Å². The van der Waals surface area contributed by atoms with Gasteiger partial charge in [0.2, 0.25) is 0 Å². The number of hydrogen-bond acceptors (Lipinski definition) is 9. The zero-order chi connectivity index (χ0) is 41.4. The van der Waals surface area contributed by atoms with Crippen molar-refractivity contribution in [1.82, 2.24) is 9.80 Å². The first-order valence-corrected chi connectivity index (χ1v) is 19.1. The summed E-state index contributed by atoms with van der Waals surface area (Å²) in [7, 11) is 3.36. The molecular formula is C43H67N3O8. The van der Waals surface area contributed by atoms with E-state index in [0.717, 1.165) is 50.7 Å². The third-order valence-corrected chi connectivity index (χ3v) is 8.32. The van der Waals surface area contributed by atoms with Gasteiger partial charge < -0.3 is 24.6 Å². The van der Waals surface area contributed by atoms with E-state index in [9.17, 15) is 19.2 Å². The number of nitrogens with zero attached hydrogens (tertiary/aromatic N) is 3. The fraction of sp³-hybridized carbons (Fsp3) is 0.535. The highest BCUT2D eigenvalue weighted by atomic mass is 16.5. The molecule has 0 aliphatic rings. The monoisotopic (exact) mass is 753 g/mol. The Labute approximate surface area is 324 Å². The molecule has 2 N–H and O–H groups in total.